The van der Waals surface area contributed by atoms with Gasteiger partial charge in [0.2, 0.25) is 0 Å². The molecular formula is C21H24N4O5. The topological polar surface area (TPSA) is 115 Å². The lowest BCUT2D eigenvalue weighted by atomic mass is 9.99. The minimum atomic E-state index is -0.750. The number of ether oxygens (including phenoxy) is 1. The zero-order chi connectivity index (χ0) is 21.7. The second-order valence-corrected chi connectivity index (χ2v) is 7.39. The maximum absolute atomic E-state index is 12.5. The van der Waals surface area contributed by atoms with Crippen LogP contribution in [0.3, 0.4) is 0 Å². The van der Waals surface area contributed by atoms with Gasteiger partial charge in [0.1, 0.15) is 5.82 Å². The highest BCUT2D eigenvalue weighted by Crippen LogP contribution is 2.21. The van der Waals surface area contributed by atoms with Crippen molar-refractivity contribution in [3.05, 3.63) is 63.3 Å². The molecule has 2 aromatic rings. The number of benzene rings is 1. The third kappa shape index (κ3) is 5.11. The number of aromatic nitrogens is 1. The first-order chi connectivity index (χ1) is 14.4. The summed E-state index contributed by atoms with van der Waals surface area (Å²) in [6.45, 7) is 4.44. The third-order valence-electron chi connectivity index (χ3n) is 5.18. The normalized spacial score (nSPS) is 14.3. The molecule has 9 heteroatoms. The van der Waals surface area contributed by atoms with Gasteiger partial charge in [-0.05, 0) is 36.5 Å². The number of rotatable bonds is 6. The molecule has 1 N–H and O–H groups in total. The van der Waals surface area contributed by atoms with E-state index in [1.165, 1.54) is 13.2 Å². The number of carbonyl (C=O) groups is 2. The van der Waals surface area contributed by atoms with Gasteiger partial charge in [-0.25, -0.2) is 9.78 Å². The molecule has 1 aliphatic heterocycles. The maximum atomic E-state index is 12.5. The highest BCUT2D eigenvalue weighted by atomic mass is 16.6. The highest BCUT2D eigenvalue weighted by molar-refractivity contribution is 5.98. The molecule has 1 aliphatic rings. The van der Waals surface area contributed by atoms with E-state index in [1.54, 1.807) is 6.20 Å². The highest BCUT2D eigenvalue weighted by Gasteiger charge is 2.19. The summed E-state index contributed by atoms with van der Waals surface area (Å²) in [6.07, 6.45) is 4.01. The standard InChI is InChI=1S/C21H24N4O5/c1-14-5-7-24(8-6-14)19-4-3-15(12-22-19)13-23-20(26)16-9-17(21(27)30-2)11-18(10-16)25(28)29/h3-4,9-12,14H,5-8,13H2,1-2H3,(H,23,26). The number of non-ortho nitro benzene ring substituents is 1. The van der Waals surface area contributed by atoms with Crippen LogP contribution in [0.1, 0.15) is 46.0 Å². The Hall–Kier alpha value is -3.49. The minimum absolute atomic E-state index is 0.0108. The van der Waals surface area contributed by atoms with Gasteiger partial charge in [0.15, 0.2) is 0 Å². The van der Waals surface area contributed by atoms with Crippen LogP contribution < -0.4 is 10.2 Å². The fourth-order valence-corrected chi connectivity index (χ4v) is 3.31. The van der Waals surface area contributed by atoms with E-state index in [9.17, 15) is 19.7 Å². The first kappa shape index (κ1) is 21.2. The Morgan fingerprint density at radius 1 is 1.23 bits per heavy atom. The van der Waals surface area contributed by atoms with E-state index in [4.69, 9.17) is 0 Å². The summed E-state index contributed by atoms with van der Waals surface area (Å²) >= 11 is 0. The Bertz CT molecular complexity index is 937. The van der Waals surface area contributed by atoms with Gasteiger partial charge in [-0.1, -0.05) is 13.0 Å². The Morgan fingerprint density at radius 3 is 2.53 bits per heavy atom. The summed E-state index contributed by atoms with van der Waals surface area (Å²) in [4.78, 5) is 41.4. The molecule has 2 heterocycles. The molecule has 1 saturated heterocycles. The number of nitrogens with one attached hydrogen (secondary N) is 1. The summed E-state index contributed by atoms with van der Waals surface area (Å²) in [5.41, 5.74) is 0.399. The van der Waals surface area contributed by atoms with E-state index in [1.807, 2.05) is 12.1 Å². The van der Waals surface area contributed by atoms with Crippen LogP contribution in [0.15, 0.2) is 36.5 Å². The Labute approximate surface area is 174 Å². The quantitative estimate of drug-likeness (QED) is 0.441. The van der Waals surface area contributed by atoms with E-state index >= 15 is 0 Å². The fraction of sp³-hybridized carbons (Fsp3) is 0.381. The molecule has 3 rings (SSSR count). The van der Waals surface area contributed by atoms with Gasteiger partial charge in [-0.2, -0.15) is 0 Å². The Kier molecular flexibility index (Phi) is 6.61. The number of nitro groups is 1. The summed E-state index contributed by atoms with van der Waals surface area (Å²) in [7, 11) is 1.17. The number of methoxy groups -OCH3 is 1. The number of nitro benzene ring substituents is 1. The molecule has 1 fully saturated rings. The maximum Gasteiger partial charge on any atom is 0.338 e. The molecule has 0 unspecified atom stereocenters. The van der Waals surface area contributed by atoms with E-state index in [-0.39, 0.29) is 23.4 Å². The Balaban J connectivity index is 1.66. The van der Waals surface area contributed by atoms with Crippen LogP contribution in [0.25, 0.3) is 0 Å². The molecule has 0 aliphatic carbocycles. The van der Waals surface area contributed by atoms with Crippen LogP contribution in [0.5, 0.6) is 0 Å². The first-order valence-corrected chi connectivity index (χ1v) is 9.73. The summed E-state index contributed by atoms with van der Waals surface area (Å²) in [5.74, 6) is 0.375. The lowest BCUT2D eigenvalue weighted by Crippen LogP contribution is -2.33. The predicted octanol–water partition coefficient (Wildman–Crippen LogP) is 2.94. The van der Waals surface area contributed by atoms with E-state index in [0.29, 0.717) is 0 Å². The first-order valence-electron chi connectivity index (χ1n) is 9.73. The van der Waals surface area contributed by atoms with Gasteiger partial charge in [-0.3, -0.25) is 14.9 Å². The molecule has 1 amide bonds. The Morgan fingerprint density at radius 2 is 1.93 bits per heavy atom. The number of hydrogen-bond donors (Lipinski definition) is 1. The van der Waals surface area contributed by atoms with E-state index in [2.05, 4.69) is 26.9 Å². The predicted molar refractivity (Wildman–Crippen MR) is 110 cm³/mol. The molecular weight excluding hydrogens is 388 g/mol. The van der Waals surface area contributed by atoms with Crippen molar-refractivity contribution in [3.63, 3.8) is 0 Å². The molecule has 0 bridgehead atoms. The monoisotopic (exact) mass is 412 g/mol. The van der Waals surface area contributed by atoms with Gasteiger partial charge in [-0.15, -0.1) is 0 Å². The second kappa shape index (κ2) is 9.34. The molecule has 1 aromatic heterocycles. The van der Waals surface area contributed by atoms with Gasteiger partial charge >= 0.3 is 5.97 Å². The number of pyridine rings is 1. The average molecular weight is 412 g/mol. The van der Waals surface area contributed by atoms with Crippen molar-refractivity contribution in [2.45, 2.75) is 26.3 Å². The summed E-state index contributed by atoms with van der Waals surface area (Å²) in [5, 5.41) is 13.8. The molecule has 0 radical (unpaired) electrons. The number of amides is 1. The van der Waals surface area contributed by atoms with Crippen molar-refractivity contribution in [1.82, 2.24) is 10.3 Å². The van der Waals surface area contributed by atoms with Crippen LogP contribution in [-0.2, 0) is 11.3 Å². The number of hydrogen-bond acceptors (Lipinski definition) is 7. The molecule has 0 atom stereocenters. The largest absolute Gasteiger partial charge is 0.465 e. The lowest BCUT2D eigenvalue weighted by Gasteiger charge is -2.31. The van der Waals surface area contributed by atoms with Crippen molar-refractivity contribution < 1.29 is 19.2 Å². The third-order valence-corrected chi connectivity index (χ3v) is 5.18. The molecule has 30 heavy (non-hydrogen) atoms. The van der Waals surface area contributed by atoms with E-state index < -0.39 is 16.8 Å². The zero-order valence-corrected chi connectivity index (χ0v) is 17.0. The van der Waals surface area contributed by atoms with Crippen molar-refractivity contribution in [1.29, 1.82) is 0 Å². The van der Waals surface area contributed by atoms with Gasteiger partial charge in [0.05, 0.1) is 17.6 Å². The summed E-state index contributed by atoms with van der Waals surface area (Å²) in [6, 6.07) is 7.30. The zero-order valence-electron chi connectivity index (χ0n) is 17.0. The SMILES string of the molecule is COC(=O)c1cc(C(=O)NCc2ccc(N3CCC(C)CC3)nc2)cc([N+](=O)[O-])c1. The molecule has 9 nitrogen and oxygen atoms in total. The van der Waals surface area contributed by atoms with Gasteiger partial charge in [0, 0.05) is 43.5 Å². The molecule has 0 saturated carbocycles. The van der Waals surface area contributed by atoms with Gasteiger partial charge in [0.25, 0.3) is 11.6 Å². The second-order valence-electron chi connectivity index (χ2n) is 7.39. The number of anilines is 1. The van der Waals surface area contributed by atoms with Gasteiger partial charge < -0.3 is 15.0 Å². The minimum Gasteiger partial charge on any atom is -0.465 e. The lowest BCUT2D eigenvalue weighted by molar-refractivity contribution is -0.384. The number of carbonyl (C=O) groups excluding carboxylic acids is 2. The van der Waals surface area contributed by atoms with Crippen molar-refractivity contribution >= 4 is 23.4 Å². The number of esters is 1. The smallest absolute Gasteiger partial charge is 0.338 e. The summed E-state index contributed by atoms with van der Waals surface area (Å²) < 4.78 is 4.60. The van der Waals surface area contributed by atoms with E-state index in [0.717, 1.165) is 55.4 Å². The average Bonchev–Trinajstić information content (AvgIpc) is 2.77. The number of nitrogens with zero attached hydrogens (tertiary/aromatic N) is 3. The van der Waals surface area contributed by atoms with Crippen LogP contribution in [0, 0.1) is 16.0 Å². The van der Waals surface area contributed by atoms with Crippen molar-refractivity contribution in [3.8, 4) is 0 Å². The van der Waals surface area contributed by atoms with Crippen LogP contribution >= 0.6 is 0 Å². The molecule has 0 spiro atoms. The number of piperidine rings is 1. The van der Waals surface area contributed by atoms with Crippen molar-refractivity contribution in [2.24, 2.45) is 5.92 Å². The van der Waals surface area contributed by atoms with Crippen LogP contribution in [0.4, 0.5) is 11.5 Å². The molecule has 1 aromatic carbocycles. The molecule has 158 valence electrons. The van der Waals surface area contributed by atoms with Crippen LogP contribution in [-0.4, -0.2) is 42.0 Å². The van der Waals surface area contributed by atoms with Crippen molar-refractivity contribution in [2.75, 3.05) is 25.1 Å². The van der Waals surface area contributed by atoms with Crippen LogP contribution in [0.2, 0.25) is 0 Å². The fourth-order valence-electron chi connectivity index (χ4n) is 3.31.